The van der Waals surface area contributed by atoms with E-state index in [0.29, 0.717) is 47.2 Å². The molecule has 0 amide bonds. The predicted molar refractivity (Wildman–Crippen MR) is 172 cm³/mol. The number of esters is 3. The molecule has 0 aromatic heterocycles. The SMILES string of the molecule is Nc1cc(N)cc(C(=O)OCCCCCCCCOC(=O)/C=C/c2ccc(OC(=O)c3ccc(OCCCC(F)(F)F)cc3)cc2)c1. The number of ether oxygens (including phenoxy) is 4. The Labute approximate surface area is 271 Å². The fraction of sp³-hybridized carbons (Fsp3) is 0.343. The van der Waals surface area contributed by atoms with Gasteiger partial charge in [-0.3, -0.25) is 0 Å². The third-order valence-corrected chi connectivity index (χ3v) is 6.70. The molecule has 3 aromatic carbocycles. The summed E-state index contributed by atoms with van der Waals surface area (Å²) in [7, 11) is 0. The Balaban J connectivity index is 1.23. The number of benzene rings is 3. The van der Waals surface area contributed by atoms with Crippen molar-refractivity contribution in [3.05, 3.63) is 89.5 Å². The Morgan fingerprint density at radius 1 is 0.638 bits per heavy atom. The van der Waals surface area contributed by atoms with E-state index in [1.165, 1.54) is 42.5 Å². The van der Waals surface area contributed by atoms with Gasteiger partial charge in [0, 0.05) is 23.9 Å². The molecule has 0 aliphatic heterocycles. The second kappa shape index (κ2) is 18.8. The molecule has 47 heavy (non-hydrogen) atoms. The number of nitrogen functional groups attached to an aromatic ring is 2. The zero-order valence-corrected chi connectivity index (χ0v) is 25.9. The first-order valence-electron chi connectivity index (χ1n) is 15.3. The van der Waals surface area contributed by atoms with Crippen LogP contribution in [0.1, 0.15) is 77.6 Å². The third kappa shape index (κ3) is 14.8. The van der Waals surface area contributed by atoms with Gasteiger partial charge in [-0.05, 0) is 85.5 Å². The van der Waals surface area contributed by atoms with Gasteiger partial charge in [0.2, 0.25) is 0 Å². The van der Waals surface area contributed by atoms with Gasteiger partial charge in [-0.15, -0.1) is 0 Å². The zero-order valence-electron chi connectivity index (χ0n) is 25.9. The van der Waals surface area contributed by atoms with E-state index >= 15 is 0 Å². The molecule has 3 aromatic rings. The highest BCUT2D eigenvalue weighted by atomic mass is 19.4. The van der Waals surface area contributed by atoms with Crippen molar-refractivity contribution in [3.63, 3.8) is 0 Å². The number of carbonyl (C=O) groups is 3. The lowest BCUT2D eigenvalue weighted by molar-refractivity contribution is -0.138. The van der Waals surface area contributed by atoms with E-state index in [9.17, 15) is 27.6 Å². The number of rotatable bonds is 18. The number of halogens is 3. The maximum Gasteiger partial charge on any atom is 0.389 e. The molecule has 0 bridgehead atoms. The van der Waals surface area contributed by atoms with Gasteiger partial charge in [-0.1, -0.05) is 37.8 Å². The van der Waals surface area contributed by atoms with Crippen molar-refractivity contribution in [2.75, 3.05) is 31.3 Å². The summed E-state index contributed by atoms with van der Waals surface area (Å²) >= 11 is 0. The number of alkyl halides is 3. The Bertz CT molecular complexity index is 1450. The molecule has 252 valence electrons. The molecule has 3 rings (SSSR count). The molecule has 0 radical (unpaired) electrons. The first kappa shape index (κ1) is 36.5. The van der Waals surface area contributed by atoms with Crippen LogP contribution in [0.3, 0.4) is 0 Å². The molecule has 0 saturated heterocycles. The standard InChI is InChI=1S/C35H39F3N2O7/c36-35(37,38)18-7-21-44-30-15-11-26(12-16-30)34(43)47-31-13-8-25(9-14-31)10-17-32(41)45-19-5-3-1-2-4-6-20-46-33(42)27-22-28(39)24-29(40)23-27/h8-17,22-24H,1-7,18-21,39-40H2/b17-10+. The van der Waals surface area contributed by atoms with Gasteiger partial charge in [-0.25, -0.2) is 14.4 Å². The largest absolute Gasteiger partial charge is 0.494 e. The van der Waals surface area contributed by atoms with E-state index in [2.05, 4.69) is 0 Å². The average molecular weight is 657 g/mol. The van der Waals surface area contributed by atoms with Crippen molar-refractivity contribution >= 4 is 35.4 Å². The van der Waals surface area contributed by atoms with Gasteiger partial charge >= 0.3 is 24.1 Å². The van der Waals surface area contributed by atoms with E-state index in [0.717, 1.165) is 38.5 Å². The number of unbranched alkanes of at least 4 members (excludes halogenated alkanes) is 5. The van der Waals surface area contributed by atoms with Crippen molar-refractivity contribution in [1.29, 1.82) is 0 Å². The van der Waals surface area contributed by atoms with Crippen LogP contribution in [-0.2, 0) is 14.3 Å². The topological polar surface area (TPSA) is 140 Å². The van der Waals surface area contributed by atoms with Gasteiger partial charge in [0.25, 0.3) is 0 Å². The molecular formula is C35H39F3N2O7. The smallest absolute Gasteiger partial charge is 0.389 e. The fourth-order valence-corrected chi connectivity index (χ4v) is 4.30. The van der Waals surface area contributed by atoms with Crippen LogP contribution in [0.4, 0.5) is 24.5 Å². The summed E-state index contributed by atoms with van der Waals surface area (Å²) in [5.74, 6) is -0.867. The van der Waals surface area contributed by atoms with Crippen LogP contribution in [-0.4, -0.2) is 43.9 Å². The lowest BCUT2D eigenvalue weighted by Gasteiger charge is -2.09. The van der Waals surface area contributed by atoms with Crippen molar-refractivity contribution in [1.82, 2.24) is 0 Å². The van der Waals surface area contributed by atoms with E-state index in [1.807, 2.05) is 0 Å². The highest BCUT2D eigenvalue weighted by molar-refractivity contribution is 5.92. The van der Waals surface area contributed by atoms with Crippen molar-refractivity contribution in [3.8, 4) is 11.5 Å². The van der Waals surface area contributed by atoms with Gasteiger partial charge in [-0.2, -0.15) is 13.2 Å². The second-order valence-corrected chi connectivity index (χ2v) is 10.7. The molecule has 0 aliphatic carbocycles. The van der Waals surface area contributed by atoms with E-state index in [-0.39, 0.29) is 18.6 Å². The summed E-state index contributed by atoms with van der Waals surface area (Å²) in [5, 5.41) is 0. The Hall–Kier alpha value is -5.00. The van der Waals surface area contributed by atoms with Crippen molar-refractivity contribution in [2.45, 2.75) is 57.5 Å². The molecule has 0 heterocycles. The van der Waals surface area contributed by atoms with E-state index in [4.69, 9.17) is 30.4 Å². The Morgan fingerprint density at radius 2 is 1.21 bits per heavy atom. The molecule has 9 nitrogen and oxygen atoms in total. The molecule has 4 N–H and O–H groups in total. The molecule has 0 spiro atoms. The highest BCUT2D eigenvalue weighted by Crippen LogP contribution is 2.22. The Kier molecular flexibility index (Phi) is 14.6. The minimum absolute atomic E-state index is 0.0866. The lowest BCUT2D eigenvalue weighted by Crippen LogP contribution is -2.10. The molecule has 0 fully saturated rings. The minimum Gasteiger partial charge on any atom is -0.494 e. The van der Waals surface area contributed by atoms with Crippen LogP contribution in [0.5, 0.6) is 11.5 Å². The predicted octanol–water partition coefficient (Wildman–Crippen LogP) is 7.55. The van der Waals surface area contributed by atoms with Gasteiger partial charge in [0.05, 0.1) is 30.9 Å². The summed E-state index contributed by atoms with van der Waals surface area (Å²) in [4.78, 5) is 36.5. The molecule has 0 atom stereocenters. The first-order chi connectivity index (χ1) is 22.5. The number of anilines is 2. The van der Waals surface area contributed by atoms with Crippen LogP contribution in [0.15, 0.2) is 72.8 Å². The normalized spacial score (nSPS) is 11.3. The highest BCUT2D eigenvalue weighted by Gasteiger charge is 2.26. The van der Waals surface area contributed by atoms with Crippen LogP contribution < -0.4 is 20.9 Å². The summed E-state index contributed by atoms with van der Waals surface area (Å²) in [5.41, 5.74) is 13.5. The summed E-state index contributed by atoms with van der Waals surface area (Å²) < 4.78 is 57.8. The second-order valence-electron chi connectivity index (χ2n) is 10.7. The monoisotopic (exact) mass is 656 g/mol. The van der Waals surface area contributed by atoms with E-state index in [1.54, 1.807) is 36.4 Å². The first-order valence-corrected chi connectivity index (χ1v) is 15.3. The summed E-state index contributed by atoms with van der Waals surface area (Å²) in [6.07, 6.45) is 2.86. The lowest BCUT2D eigenvalue weighted by atomic mass is 10.1. The fourth-order valence-electron chi connectivity index (χ4n) is 4.30. The van der Waals surface area contributed by atoms with Gasteiger partial charge in [0.1, 0.15) is 11.5 Å². The molecule has 0 saturated carbocycles. The summed E-state index contributed by atoms with van der Waals surface area (Å²) in [6.45, 7) is 0.542. The van der Waals surface area contributed by atoms with Crippen molar-refractivity contribution in [2.24, 2.45) is 0 Å². The average Bonchev–Trinajstić information content (AvgIpc) is 3.03. The van der Waals surface area contributed by atoms with Gasteiger partial charge in [0.15, 0.2) is 0 Å². The quantitative estimate of drug-likeness (QED) is 0.0467. The minimum atomic E-state index is -4.22. The molecular weight excluding hydrogens is 617 g/mol. The zero-order chi connectivity index (χ0) is 34.1. The molecule has 0 unspecified atom stereocenters. The van der Waals surface area contributed by atoms with Crippen LogP contribution in [0.2, 0.25) is 0 Å². The Morgan fingerprint density at radius 3 is 1.83 bits per heavy atom. The number of hydrogen-bond donors (Lipinski definition) is 2. The molecule has 0 aliphatic rings. The van der Waals surface area contributed by atoms with E-state index < -0.39 is 30.5 Å². The maximum atomic E-state index is 12.4. The van der Waals surface area contributed by atoms with Crippen LogP contribution >= 0.6 is 0 Å². The third-order valence-electron chi connectivity index (χ3n) is 6.70. The number of hydrogen-bond acceptors (Lipinski definition) is 9. The van der Waals surface area contributed by atoms with Crippen LogP contribution in [0.25, 0.3) is 6.08 Å². The molecule has 12 heteroatoms. The maximum absolute atomic E-state index is 12.4. The number of carbonyl (C=O) groups excluding carboxylic acids is 3. The number of nitrogens with two attached hydrogens (primary N) is 2. The van der Waals surface area contributed by atoms with Crippen molar-refractivity contribution < 1.29 is 46.5 Å². The summed E-state index contributed by atoms with van der Waals surface area (Å²) in [6, 6.07) is 17.1. The van der Waals surface area contributed by atoms with Gasteiger partial charge < -0.3 is 30.4 Å². The van der Waals surface area contributed by atoms with Crippen LogP contribution in [0, 0.1) is 0 Å².